The van der Waals surface area contributed by atoms with Crippen LogP contribution in [0.25, 0.3) is 0 Å². The van der Waals surface area contributed by atoms with Crippen molar-refractivity contribution >= 4 is 10.0 Å². The van der Waals surface area contributed by atoms with Crippen LogP contribution in [0.3, 0.4) is 0 Å². The lowest BCUT2D eigenvalue weighted by Crippen LogP contribution is -2.29. The minimum Gasteiger partial charge on any atom is -0.313 e. The molecule has 21 heavy (non-hydrogen) atoms. The van der Waals surface area contributed by atoms with Crippen LogP contribution in [0, 0.1) is 12.8 Å². The molecule has 0 radical (unpaired) electrons. The average Bonchev–Trinajstić information content (AvgIpc) is 2.96. The van der Waals surface area contributed by atoms with Crippen LogP contribution in [0.5, 0.6) is 0 Å². The highest BCUT2D eigenvalue weighted by Crippen LogP contribution is 2.27. The van der Waals surface area contributed by atoms with E-state index in [9.17, 15) is 8.42 Å². The van der Waals surface area contributed by atoms with Crippen molar-refractivity contribution in [1.29, 1.82) is 0 Å². The minimum atomic E-state index is -3.34. The quantitative estimate of drug-likeness (QED) is 0.878. The maximum Gasteiger partial charge on any atom is 0.243 e. The normalized spacial score (nSPS) is 20.0. The molecule has 0 amide bonds. The number of nitrogens with zero attached hydrogens (tertiary/aromatic N) is 1. The molecule has 1 atom stereocenters. The summed E-state index contributed by atoms with van der Waals surface area (Å²) in [4.78, 5) is 0.428. The second kappa shape index (κ2) is 6.90. The Bertz CT molecular complexity index is 584. The van der Waals surface area contributed by atoms with E-state index in [0.717, 1.165) is 30.5 Å². The third kappa shape index (κ3) is 3.65. The summed E-state index contributed by atoms with van der Waals surface area (Å²) in [5.74, 6) is 0.506. The molecule has 1 aliphatic rings. The van der Waals surface area contributed by atoms with Crippen molar-refractivity contribution in [1.82, 2.24) is 9.62 Å². The largest absolute Gasteiger partial charge is 0.313 e. The van der Waals surface area contributed by atoms with Gasteiger partial charge in [0, 0.05) is 19.6 Å². The third-order valence-electron chi connectivity index (χ3n) is 4.35. The molecule has 5 heteroatoms. The highest BCUT2D eigenvalue weighted by molar-refractivity contribution is 7.89. The van der Waals surface area contributed by atoms with E-state index in [2.05, 4.69) is 12.2 Å². The Hall–Kier alpha value is -0.910. The lowest BCUT2D eigenvalue weighted by Gasteiger charge is -2.18. The molecule has 0 spiro atoms. The van der Waals surface area contributed by atoms with Gasteiger partial charge in [-0.2, -0.15) is 4.31 Å². The Morgan fingerprint density at radius 1 is 1.33 bits per heavy atom. The molecule has 0 saturated carbocycles. The van der Waals surface area contributed by atoms with Gasteiger partial charge in [0.05, 0.1) is 4.90 Å². The van der Waals surface area contributed by atoms with Crippen molar-refractivity contribution in [2.24, 2.45) is 5.92 Å². The van der Waals surface area contributed by atoms with Gasteiger partial charge in [-0.15, -0.1) is 0 Å². The number of hydrogen-bond donors (Lipinski definition) is 1. The number of nitrogens with one attached hydrogen (secondary N) is 1. The van der Waals surface area contributed by atoms with Gasteiger partial charge in [-0.1, -0.05) is 26.3 Å². The number of benzene rings is 1. The smallest absolute Gasteiger partial charge is 0.243 e. The van der Waals surface area contributed by atoms with Crippen LogP contribution in [-0.4, -0.2) is 32.4 Å². The fourth-order valence-corrected chi connectivity index (χ4v) is 4.34. The summed E-state index contributed by atoms with van der Waals surface area (Å²) in [6, 6.07) is 5.47. The fourth-order valence-electron chi connectivity index (χ4n) is 2.76. The topological polar surface area (TPSA) is 49.4 Å². The Morgan fingerprint density at radius 2 is 2.10 bits per heavy atom. The van der Waals surface area contributed by atoms with E-state index in [4.69, 9.17) is 0 Å². The van der Waals surface area contributed by atoms with Gasteiger partial charge in [-0.05, 0) is 49.1 Å². The van der Waals surface area contributed by atoms with Crippen LogP contribution < -0.4 is 5.32 Å². The first-order valence-electron chi connectivity index (χ1n) is 7.79. The Labute approximate surface area is 128 Å². The average molecular weight is 310 g/mol. The summed E-state index contributed by atoms with van der Waals surface area (Å²) in [5, 5.41) is 3.26. The van der Waals surface area contributed by atoms with Gasteiger partial charge in [0.1, 0.15) is 0 Å². The highest BCUT2D eigenvalue weighted by atomic mass is 32.2. The summed E-state index contributed by atoms with van der Waals surface area (Å²) in [5.41, 5.74) is 2.19. The van der Waals surface area contributed by atoms with Gasteiger partial charge in [0.15, 0.2) is 0 Å². The first-order valence-corrected chi connectivity index (χ1v) is 9.23. The number of rotatable bonds is 6. The van der Waals surface area contributed by atoms with Gasteiger partial charge in [0.2, 0.25) is 10.0 Å². The van der Waals surface area contributed by atoms with Crippen molar-refractivity contribution in [2.45, 2.75) is 45.1 Å². The monoisotopic (exact) mass is 310 g/mol. The molecule has 118 valence electrons. The molecule has 1 heterocycles. The molecule has 1 saturated heterocycles. The second-order valence-electron chi connectivity index (χ2n) is 5.79. The molecule has 1 aromatic carbocycles. The number of aryl methyl sites for hydroxylation is 1. The molecule has 4 nitrogen and oxygen atoms in total. The van der Waals surface area contributed by atoms with Gasteiger partial charge < -0.3 is 5.32 Å². The maximum atomic E-state index is 12.7. The predicted octanol–water partition coefficient (Wildman–Crippen LogP) is 2.53. The zero-order valence-corrected chi connectivity index (χ0v) is 14.0. The van der Waals surface area contributed by atoms with Gasteiger partial charge in [-0.3, -0.25) is 0 Å². The maximum absolute atomic E-state index is 12.7. The van der Waals surface area contributed by atoms with E-state index in [1.54, 1.807) is 10.4 Å². The zero-order chi connectivity index (χ0) is 15.5. The van der Waals surface area contributed by atoms with Crippen LogP contribution in [0.2, 0.25) is 0 Å². The molecular weight excluding hydrogens is 284 g/mol. The minimum absolute atomic E-state index is 0.428. The predicted molar refractivity (Wildman–Crippen MR) is 85.7 cm³/mol. The van der Waals surface area contributed by atoms with Crippen molar-refractivity contribution in [3.05, 3.63) is 29.3 Å². The van der Waals surface area contributed by atoms with Gasteiger partial charge in [0.25, 0.3) is 0 Å². The zero-order valence-electron chi connectivity index (χ0n) is 13.2. The summed E-state index contributed by atoms with van der Waals surface area (Å²) in [6.45, 7) is 9.09. The summed E-state index contributed by atoms with van der Waals surface area (Å²) < 4.78 is 27.1. The third-order valence-corrected chi connectivity index (χ3v) is 6.21. The molecule has 1 aliphatic heterocycles. The van der Waals surface area contributed by atoms with Crippen LogP contribution in [0.15, 0.2) is 23.1 Å². The lowest BCUT2D eigenvalue weighted by molar-refractivity contribution is 0.453. The molecular formula is C16H26N2O2S. The molecule has 0 bridgehead atoms. The Morgan fingerprint density at radius 3 is 2.71 bits per heavy atom. The highest BCUT2D eigenvalue weighted by Gasteiger charge is 2.31. The lowest BCUT2D eigenvalue weighted by atomic mass is 10.1. The van der Waals surface area contributed by atoms with Gasteiger partial charge in [-0.25, -0.2) is 8.42 Å². The SMILES string of the molecule is CCNCc1cc(S(=O)(=O)N2CCC(CC)C2)ccc1C. The van der Waals surface area contributed by atoms with Crippen LogP contribution >= 0.6 is 0 Å². The second-order valence-corrected chi connectivity index (χ2v) is 7.73. The summed E-state index contributed by atoms with van der Waals surface area (Å²) >= 11 is 0. The van der Waals surface area contributed by atoms with Crippen LogP contribution in [-0.2, 0) is 16.6 Å². The van der Waals surface area contributed by atoms with E-state index in [1.807, 2.05) is 26.0 Å². The van der Waals surface area contributed by atoms with E-state index in [-0.39, 0.29) is 0 Å². The number of hydrogen-bond acceptors (Lipinski definition) is 3. The van der Waals surface area contributed by atoms with E-state index >= 15 is 0 Å². The first-order chi connectivity index (χ1) is 9.98. The number of sulfonamides is 1. The standard InChI is InChI=1S/C16H26N2O2S/c1-4-14-8-9-18(12-14)21(19,20)16-7-6-13(3)15(10-16)11-17-5-2/h6-7,10,14,17H,4-5,8-9,11-12H2,1-3H3. The van der Waals surface area contributed by atoms with Crippen molar-refractivity contribution in [3.8, 4) is 0 Å². The molecule has 0 aromatic heterocycles. The van der Waals surface area contributed by atoms with Crippen molar-refractivity contribution in [3.63, 3.8) is 0 Å². The molecule has 2 rings (SSSR count). The molecule has 0 aliphatic carbocycles. The molecule has 1 aromatic rings. The molecule has 1 fully saturated rings. The molecule has 1 unspecified atom stereocenters. The van der Waals surface area contributed by atoms with Crippen LogP contribution in [0.1, 0.15) is 37.8 Å². The van der Waals surface area contributed by atoms with Crippen LogP contribution in [0.4, 0.5) is 0 Å². The first kappa shape index (κ1) is 16.5. The van der Waals surface area contributed by atoms with Crippen molar-refractivity contribution in [2.75, 3.05) is 19.6 Å². The Kier molecular flexibility index (Phi) is 5.41. The summed E-state index contributed by atoms with van der Waals surface area (Å²) in [6.07, 6.45) is 2.03. The van der Waals surface area contributed by atoms with E-state index < -0.39 is 10.0 Å². The molecule has 1 N–H and O–H groups in total. The summed E-state index contributed by atoms with van der Waals surface area (Å²) in [7, 11) is -3.34. The fraction of sp³-hybridized carbons (Fsp3) is 0.625. The van der Waals surface area contributed by atoms with Gasteiger partial charge >= 0.3 is 0 Å². The van der Waals surface area contributed by atoms with E-state index in [1.165, 1.54) is 0 Å². The Balaban J connectivity index is 2.24. The van der Waals surface area contributed by atoms with Crippen molar-refractivity contribution < 1.29 is 8.42 Å². The van der Waals surface area contributed by atoms with E-state index in [0.29, 0.717) is 30.4 Å².